The van der Waals surface area contributed by atoms with Gasteiger partial charge in [0.15, 0.2) is 0 Å². The summed E-state index contributed by atoms with van der Waals surface area (Å²) in [6.07, 6.45) is 3.46. The third-order valence-corrected chi connectivity index (χ3v) is 2.13. The molecule has 1 aromatic rings. The van der Waals surface area contributed by atoms with Crippen LogP contribution in [0.1, 0.15) is 32.3 Å². The van der Waals surface area contributed by atoms with E-state index in [-0.39, 0.29) is 0 Å². The van der Waals surface area contributed by atoms with Gasteiger partial charge >= 0.3 is 0 Å². The third kappa shape index (κ3) is 3.38. The van der Waals surface area contributed by atoms with Gasteiger partial charge in [0.1, 0.15) is 0 Å². The molecule has 0 unspecified atom stereocenters. The second-order valence-electron chi connectivity index (χ2n) is 3.46. The lowest BCUT2D eigenvalue weighted by atomic mass is 10.1. The zero-order valence-corrected chi connectivity index (χ0v) is 9.14. The molecule has 0 saturated heterocycles. The minimum absolute atomic E-state index is 1.00. The number of para-hydroxylation sites is 1. The minimum atomic E-state index is 1.00. The van der Waals surface area contributed by atoms with Crippen molar-refractivity contribution in [3.63, 3.8) is 0 Å². The lowest BCUT2D eigenvalue weighted by Crippen LogP contribution is -2.22. The summed E-state index contributed by atoms with van der Waals surface area (Å²) in [6, 6.07) is 8.46. The average Bonchev–Trinajstić information content (AvgIpc) is 2.21. The van der Waals surface area contributed by atoms with E-state index in [9.17, 15) is 0 Å². The monoisotopic (exact) mass is 192 g/mol. The molecular formula is C12H20N2. The molecule has 0 aromatic heterocycles. The predicted octanol–water partition coefficient (Wildman–Crippen LogP) is 2.97. The summed E-state index contributed by atoms with van der Waals surface area (Å²) in [5.74, 6) is 0. The molecule has 0 saturated carbocycles. The molecule has 2 heteroatoms. The second-order valence-corrected chi connectivity index (χ2v) is 3.46. The number of hydrogen-bond donors (Lipinski definition) is 2. The molecule has 78 valence electrons. The van der Waals surface area contributed by atoms with E-state index in [0.717, 1.165) is 19.4 Å². The van der Waals surface area contributed by atoms with E-state index in [1.165, 1.54) is 17.7 Å². The Balaban J connectivity index is 2.55. The van der Waals surface area contributed by atoms with Crippen LogP contribution in [-0.2, 0) is 6.42 Å². The molecule has 0 aliphatic carbocycles. The van der Waals surface area contributed by atoms with Crippen molar-refractivity contribution in [2.45, 2.75) is 33.1 Å². The summed E-state index contributed by atoms with van der Waals surface area (Å²) in [5, 5.41) is 0. The van der Waals surface area contributed by atoms with Crippen molar-refractivity contribution >= 4 is 5.69 Å². The fraction of sp³-hybridized carbons (Fsp3) is 0.500. The highest BCUT2D eigenvalue weighted by atomic mass is 15.3. The number of hydrogen-bond acceptors (Lipinski definition) is 2. The number of rotatable bonds is 6. The van der Waals surface area contributed by atoms with E-state index in [4.69, 9.17) is 0 Å². The lowest BCUT2D eigenvalue weighted by molar-refractivity contribution is 0.758. The zero-order valence-electron chi connectivity index (χ0n) is 9.14. The first-order valence-electron chi connectivity index (χ1n) is 5.45. The molecule has 0 heterocycles. The molecule has 1 aromatic carbocycles. The lowest BCUT2D eigenvalue weighted by Gasteiger charge is -2.11. The summed E-state index contributed by atoms with van der Waals surface area (Å²) >= 11 is 0. The highest BCUT2D eigenvalue weighted by molar-refractivity contribution is 5.50. The van der Waals surface area contributed by atoms with Crippen molar-refractivity contribution < 1.29 is 0 Å². The van der Waals surface area contributed by atoms with Crippen molar-refractivity contribution in [3.8, 4) is 0 Å². The number of aryl methyl sites for hydroxylation is 1. The van der Waals surface area contributed by atoms with Crippen molar-refractivity contribution in [1.82, 2.24) is 5.43 Å². The average molecular weight is 192 g/mol. The van der Waals surface area contributed by atoms with Crippen molar-refractivity contribution in [1.29, 1.82) is 0 Å². The zero-order chi connectivity index (χ0) is 10.2. The molecule has 2 N–H and O–H groups in total. The van der Waals surface area contributed by atoms with Crippen molar-refractivity contribution in [2.24, 2.45) is 0 Å². The molecule has 0 spiro atoms. The Morgan fingerprint density at radius 1 is 1.07 bits per heavy atom. The second kappa shape index (κ2) is 6.44. The first kappa shape index (κ1) is 11.1. The molecular weight excluding hydrogens is 172 g/mol. The summed E-state index contributed by atoms with van der Waals surface area (Å²) in [7, 11) is 0. The van der Waals surface area contributed by atoms with Gasteiger partial charge in [0.05, 0.1) is 5.69 Å². The quantitative estimate of drug-likeness (QED) is 0.535. The molecule has 0 aliphatic heterocycles. The number of hydrazine groups is 1. The Hall–Kier alpha value is -1.02. The van der Waals surface area contributed by atoms with Gasteiger partial charge in [0, 0.05) is 6.54 Å². The largest absolute Gasteiger partial charge is 0.321 e. The SMILES string of the molecule is CCCNNc1ccccc1CCC. The van der Waals surface area contributed by atoms with E-state index in [0.29, 0.717) is 0 Å². The fourth-order valence-electron chi connectivity index (χ4n) is 1.41. The van der Waals surface area contributed by atoms with E-state index >= 15 is 0 Å². The topological polar surface area (TPSA) is 24.1 Å². The smallest absolute Gasteiger partial charge is 0.0519 e. The summed E-state index contributed by atoms with van der Waals surface area (Å²) in [4.78, 5) is 0. The van der Waals surface area contributed by atoms with Gasteiger partial charge in [0.25, 0.3) is 0 Å². The third-order valence-electron chi connectivity index (χ3n) is 2.13. The van der Waals surface area contributed by atoms with Crippen LogP contribution in [0.3, 0.4) is 0 Å². The normalized spacial score (nSPS) is 10.1. The predicted molar refractivity (Wildman–Crippen MR) is 62.4 cm³/mol. The van der Waals surface area contributed by atoms with Gasteiger partial charge in [-0.3, -0.25) is 0 Å². The van der Waals surface area contributed by atoms with Crippen LogP contribution in [0.15, 0.2) is 24.3 Å². The Bertz CT molecular complexity index is 258. The Kier molecular flexibility index (Phi) is 5.08. The standard InChI is InChI=1S/C12H20N2/c1-3-7-11-8-5-6-9-12(11)14-13-10-4-2/h5-6,8-9,13-14H,3-4,7,10H2,1-2H3. The fourth-order valence-corrected chi connectivity index (χ4v) is 1.41. The number of benzene rings is 1. The summed E-state index contributed by atoms with van der Waals surface area (Å²) < 4.78 is 0. The van der Waals surface area contributed by atoms with Crippen LogP contribution in [0.4, 0.5) is 5.69 Å². The van der Waals surface area contributed by atoms with Gasteiger partial charge < -0.3 is 5.43 Å². The highest BCUT2D eigenvalue weighted by Gasteiger charge is 1.98. The molecule has 1 rings (SSSR count). The van der Waals surface area contributed by atoms with Crippen LogP contribution < -0.4 is 10.9 Å². The van der Waals surface area contributed by atoms with Gasteiger partial charge in [-0.25, -0.2) is 5.43 Å². The van der Waals surface area contributed by atoms with E-state index < -0.39 is 0 Å². The first-order valence-corrected chi connectivity index (χ1v) is 5.45. The molecule has 0 atom stereocenters. The van der Waals surface area contributed by atoms with Crippen LogP contribution in [0.25, 0.3) is 0 Å². The summed E-state index contributed by atoms with van der Waals surface area (Å²) in [6.45, 7) is 5.36. The Morgan fingerprint density at radius 2 is 1.86 bits per heavy atom. The van der Waals surface area contributed by atoms with Crippen LogP contribution in [0.5, 0.6) is 0 Å². The van der Waals surface area contributed by atoms with Crippen LogP contribution >= 0.6 is 0 Å². The highest BCUT2D eigenvalue weighted by Crippen LogP contribution is 2.15. The number of nitrogens with one attached hydrogen (secondary N) is 2. The minimum Gasteiger partial charge on any atom is -0.321 e. The summed E-state index contributed by atoms with van der Waals surface area (Å²) in [5.41, 5.74) is 9.05. The van der Waals surface area contributed by atoms with E-state index in [2.05, 4.69) is 49.0 Å². The van der Waals surface area contributed by atoms with Gasteiger partial charge in [-0.05, 0) is 24.5 Å². The Labute approximate surface area is 86.7 Å². The molecule has 14 heavy (non-hydrogen) atoms. The molecule has 0 bridgehead atoms. The van der Waals surface area contributed by atoms with Gasteiger partial charge in [-0.2, -0.15) is 0 Å². The van der Waals surface area contributed by atoms with E-state index in [1.54, 1.807) is 0 Å². The molecule has 0 aliphatic rings. The van der Waals surface area contributed by atoms with Crippen molar-refractivity contribution in [3.05, 3.63) is 29.8 Å². The van der Waals surface area contributed by atoms with E-state index in [1.807, 2.05) is 0 Å². The Morgan fingerprint density at radius 3 is 2.57 bits per heavy atom. The first-order chi connectivity index (χ1) is 6.88. The maximum atomic E-state index is 3.25. The molecule has 0 amide bonds. The van der Waals surface area contributed by atoms with Crippen LogP contribution in [0.2, 0.25) is 0 Å². The number of anilines is 1. The van der Waals surface area contributed by atoms with Crippen molar-refractivity contribution in [2.75, 3.05) is 12.0 Å². The molecule has 0 radical (unpaired) electrons. The van der Waals surface area contributed by atoms with Crippen LogP contribution in [0, 0.1) is 0 Å². The maximum absolute atomic E-state index is 3.25. The van der Waals surface area contributed by atoms with Crippen LogP contribution in [-0.4, -0.2) is 6.54 Å². The van der Waals surface area contributed by atoms with Gasteiger partial charge in [0.2, 0.25) is 0 Å². The maximum Gasteiger partial charge on any atom is 0.0519 e. The van der Waals surface area contributed by atoms with Gasteiger partial charge in [-0.15, -0.1) is 0 Å². The van der Waals surface area contributed by atoms with Gasteiger partial charge in [-0.1, -0.05) is 38.5 Å². The molecule has 2 nitrogen and oxygen atoms in total. The molecule has 0 fully saturated rings.